The molecule has 1 rings (SSSR count). The number of rotatable bonds is 5. The highest BCUT2D eigenvalue weighted by Gasteiger charge is 2.17. The van der Waals surface area contributed by atoms with E-state index in [4.69, 9.17) is 0 Å². The molecule has 0 saturated heterocycles. The monoisotopic (exact) mass is 346 g/mol. The van der Waals surface area contributed by atoms with Crippen molar-refractivity contribution in [3.8, 4) is 0 Å². The van der Waals surface area contributed by atoms with Crippen LogP contribution in [0.25, 0.3) is 0 Å². The normalized spacial score (nSPS) is 11.1. The third kappa shape index (κ3) is 5.39. The summed E-state index contributed by atoms with van der Waals surface area (Å²) in [5, 5.41) is 6.09. The summed E-state index contributed by atoms with van der Waals surface area (Å²) in [7, 11) is 0. The molecular weight excluding hydrogens is 327 g/mol. The van der Waals surface area contributed by atoms with Crippen LogP contribution in [0.15, 0.2) is 24.3 Å². The summed E-state index contributed by atoms with van der Waals surface area (Å²) in [6.45, 7) is 6.42. The van der Waals surface area contributed by atoms with Crippen LogP contribution in [0.5, 0.6) is 0 Å². The molecule has 0 atom stereocenters. The van der Waals surface area contributed by atoms with Crippen molar-refractivity contribution in [2.75, 3.05) is 11.9 Å². The van der Waals surface area contributed by atoms with Gasteiger partial charge in [-0.05, 0) is 67.1 Å². The molecule has 17 heavy (non-hydrogen) atoms. The molecule has 0 aliphatic rings. The predicted octanol–water partition coefficient (Wildman–Crippen LogP) is 3.01. The van der Waals surface area contributed by atoms with Crippen molar-refractivity contribution in [2.24, 2.45) is 0 Å². The number of hydrogen-bond acceptors (Lipinski definition) is 2. The van der Waals surface area contributed by atoms with Gasteiger partial charge in [0.25, 0.3) is 0 Å². The molecule has 0 aliphatic carbocycles. The zero-order chi connectivity index (χ0) is 12.9. The summed E-state index contributed by atoms with van der Waals surface area (Å²) < 4.78 is 1.18. The van der Waals surface area contributed by atoms with Crippen LogP contribution in [0.1, 0.15) is 27.2 Å². The van der Waals surface area contributed by atoms with E-state index < -0.39 is 0 Å². The van der Waals surface area contributed by atoms with Gasteiger partial charge >= 0.3 is 0 Å². The molecule has 0 aromatic heterocycles. The Bertz CT molecular complexity index is 374. The van der Waals surface area contributed by atoms with Gasteiger partial charge in [0.2, 0.25) is 5.91 Å². The molecule has 4 heteroatoms. The Balaban J connectivity index is 2.41. The van der Waals surface area contributed by atoms with Gasteiger partial charge in [-0.3, -0.25) is 4.79 Å². The predicted molar refractivity (Wildman–Crippen MR) is 80.2 cm³/mol. The lowest BCUT2D eigenvalue weighted by atomic mass is 10.0. The number of amides is 1. The summed E-state index contributed by atoms with van der Waals surface area (Å²) in [6, 6.07) is 7.97. The van der Waals surface area contributed by atoms with Crippen LogP contribution in [0.4, 0.5) is 5.69 Å². The number of hydrogen-bond donors (Lipinski definition) is 2. The van der Waals surface area contributed by atoms with E-state index in [9.17, 15) is 4.79 Å². The minimum Gasteiger partial charge on any atom is -0.376 e. The number of carbonyl (C=O) groups is 1. The maximum Gasteiger partial charge on any atom is 0.239 e. The number of anilines is 1. The fourth-order valence-electron chi connectivity index (χ4n) is 1.26. The molecule has 0 unspecified atom stereocenters. The fraction of sp³-hybridized carbons (Fsp3) is 0.462. The van der Waals surface area contributed by atoms with E-state index in [1.165, 1.54) is 3.57 Å². The molecule has 0 spiro atoms. The van der Waals surface area contributed by atoms with Gasteiger partial charge in [-0.2, -0.15) is 0 Å². The molecule has 0 bridgehead atoms. The summed E-state index contributed by atoms with van der Waals surface area (Å²) in [5.74, 6) is 0.0235. The molecule has 94 valence electrons. The summed E-state index contributed by atoms with van der Waals surface area (Å²) in [4.78, 5) is 11.7. The maximum atomic E-state index is 11.7. The van der Waals surface area contributed by atoms with E-state index in [0.29, 0.717) is 6.54 Å². The molecular formula is C13H19IN2O. The summed E-state index contributed by atoms with van der Waals surface area (Å²) in [5.41, 5.74) is 0.833. The first-order chi connectivity index (χ1) is 7.93. The van der Waals surface area contributed by atoms with E-state index in [1.54, 1.807) is 0 Å². The first kappa shape index (κ1) is 14.3. The lowest BCUT2D eigenvalue weighted by Gasteiger charge is -2.24. The zero-order valence-corrected chi connectivity index (χ0v) is 12.7. The third-order valence-corrected chi connectivity index (χ3v) is 3.38. The Morgan fingerprint density at radius 2 is 1.88 bits per heavy atom. The van der Waals surface area contributed by atoms with E-state index in [0.717, 1.165) is 12.1 Å². The molecule has 1 aromatic rings. The van der Waals surface area contributed by atoms with Gasteiger partial charge in [0, 0.05) is 14.8 Å². The van der Waals surface area contributed by atoms with Crippen LogP contribution in [0.2, 0.25) is 0 Å². The van der Waals surface area contributed by atoms with Gasteiger partial charge in [-0.1, -0.05) is 6.92 Å². The van der Waals surface area contributed by atoms with E-state index in [-0.39, 0.29) is 11.4 Å². The van der Waals surface area contributed by atoms with E-state index in [2.05, 4.69) is 40.1 Å². The van der Waals surface area contributed by atoms with Crippen molar-refractivity contribution in [1.82, 2.24) is 5.32 Å². The fourth-order valence-corrected chi connectivity index (χ4v) is 1.62. The molecule has 0 fully saturated rings. The molecule has 0 aliphatic heterocycles. The average Bonchev–Trinajstić information content (AvgIpc) is 2.28. The minimum atomic E-state index is -0.134. The van der Waals surface area contributed by atoms with Gasteiger partial charge in [0.15, 0.2) is 0 Å². The quantitative estimate of drug-likeness (QED) is 0.805. The van der Waals surface area contributed by atoms with Crippen LogP contribution in [-0.2, 0) is 4.79 Å². The van der Waals surface area contributed by atoms with E-state index >= 15 is 0 Å². The van der Waals surface area contributed by atoms with Crippen molar-refractivity contribution in [1.29, 1.82) is 0 Å². The number of carbonyl (C=O) groups excluding carboxylic acids is 1. The van der Waals surface area contributed by atoms with Crippen molar-refractivity contribution < 1.29 is 4.79 Å². The second-order valence-electron chi connectivity index (χ2n) is 4.65. The first-order valence-electron chi connectivity index (χ1n) is 5.73. The third-order valence-electron chi connectivity index (χ3n) is 2.66. The smallest absolute Gasteiger partial charge is 0.239 e. The zero-order valence-electron chi connectivity index (χ0n) is 10.5. The summed E-state index contributed by atoms with van der Waals surface area (Å²) >= 11 is 2.25. The summed E-state index contributed by atoms with van der Waals surface area (Å²) in [6.07, 6.45) is 0.919. The molecule has 1 aromatic carbocycles. The van der Waals surface area contributed by atoms with Crippen molar-refractivity contribution >= 4 is 34.2 Å². The number of nitrogens with one attached hydrogen (secondary N) is 2. The second kappa shape index (κ2) is 6.23. The molecule has 3 nitrogen and oxygen atoms in total. The standard InChI is InChI=1S/C13H19IN2O/c1-4-13(2,3)16-12(17)9-15-11-7-5-10(14)6-8-11/h5-8,15H,4,9H2,1-3H3,(H,16,17). The largest absolute Gasteiger partial charge is 0.376 e. The van der Waals surface area contributed by atoms with E-state index in [1.807, 2.05) is 38.1 Å². The highest BCUT2D eigenvalue weighted by atomic mass is 127. The van der Waals surface area contributed by atoms with Crippen molar-refractivity contribution in [2.45, 2.75) is 32.7 Å². The van der Waals surface area contributed by atoms with Crippen LogP contribution < -0.4 is 10.6 Å². The van der Waals surface area contributed by atoms with Crippen LogP contribution in [0.3, 0.4) is 0 Å². The second-order valence-corrected chi connectivity index (χ2v) is 5.89. The first-order valence-corrected chi connectivity index (χ1v) is 6.81. The Morgan fingerprint density at radius 3 is 2.41 bits per heavy atom. The number of halogens is 1. The van der Waals surface area contributed by atoms with Gasteiger partial charge < -0.3 is 10.6 Å². The molecule has 0 saturated carbocycles. The Morgan fingerprint density at radius 1 is 1.29 bits per heavy atom. The van der Waals surface area contributed by atoms with Crippen LogP contribution >= 0.6 is 22.6 Å². The lowest BCUT2D eigenvalue weighted by molar-refractivity contribution is -0.121. The van der Waals surface area contributed by atoms with Gasteiger partial charge in [0.1, 0.15) is 0 Å². The Kier molecular flexibility index (Phi) is 5.24. The van der Waals surface area contributed by atoms with Gasteiger partial charge in [-0.25, -0.2) is 0 Å². The van der Waals surface area contributed by atoms with Gasteiger partial charge in [-0.15, -0.1) is 0 Å². The highest BCUT2D eigenvalue weighted by Crippen LogP contribution is 2.11. The molecule has 1 amide bonds. The van der Waals surface area contributed by atoms with Crippen LogP contribution in [0, 0.1) is 3.57 Å². The van der Waals surface area contributed by atoms with Crippen molar-refractivity contribution in [3.05, 3.63) is 27.8 Å². The molecule has 0 heterocycles. The Labute approximate surface area is 117 Å². The molecule has 2 N–H and O–H groups in total. The topological polar surface area (TPSA) is 41.1 Å². The minimum absolute atomic E-state index is 0.0235. The lowest BCUT2D eigenvalue weighted by Crippen LogP contribution is -2.45. The van der Waals surface area contributed by atoms with Crippen LogP contribution in [-0.4, -0.2) is 18.0 Å². The average molecular weight is 346 g/mol. The number of benzene rings is 1. The van der Waals surface area contributed by atoms with Gasteiger partial charge in [0.05, 0.1) is 6.54 Å². The highest BCUT2D eigenvalue weighted by molar-refractivity contribution is 14.1. The maximum absolute atomic E-state index is 11.7. The van der Waals surface area contributed by atoms with Crippen molar-refractivity contribution in [3.63, 3.8) is 0 Å². The molecule has 0 radical (unpaired) electrons. The Hall–Kier alpha value is -0.780. The SMILES string of the molecule is CCC(C)(C)NC(=O)CNc1ccc(I)cc1.